The number of benzene rings is 2. The van der Waals surface area contributed by atoms with Crippen LogP contribution in [0.2, 0.25) is 5.02 Å². The average Bonchev–Trinajstić information content (AvgIpc) is 2.99. The van der Waals surface area contributed by atoms with E-state index in [4.69, 9.17) is 16.3 Å². The van der Waals surface area contributed by atoms with Crippen LogP contribution in [0.5, 0.6) is 5.75 Å². The molecule has 1 N–H and O–H groups in total. The number of nitrogens with one attached hydrogen (secondary N) is 1. The van der Waals surface area contributed by atoms with E-state index in [1.165, 1.54) is 0 Å². The first kappa shape index (κ1) is 18.3. The largest absolute Gasteiger partial charge is 0.492 e. The number of carbonyl (C=O) groups is 1. The van der Waals surface area contributed by atoms with Crippen molar-refractivity contribution in [3.05, 3.63) is 59.4 Å². The number of aromatic nitrogens is 2. The molecule has 0 bridgehead atoms. The fourth-order valence-corrected chi connectivity index (χ4v) is 2.79. The van der Waals surface area contributed by atoms with Gasteiger partial charge in [0.15, 0.2) is 0 Å². The number of hydrogen-bond donors (Lipinski definition) is 1. The maximum atomic E-state index is 11.9. The summed E-state index contributed by atoms with van der Waals surface area (Å²) >= 11 is 5.89. The van der Waals surface area contributed by atoms with Crippen LogP contribution in [-0.2, 0) is 17.9 Å². The summed E-state index contributed by atoms with van der Waals surface area (Å²) in [6, 6.07) is 15.2. The summed E-state index contributed by atoms with van der Waals surface area (Å²) in [6.45, 7) is 5.27. The second kappa shape index (κ2) is 8.23. The number of amides is 1. The zero-order valence-corrected chi connectivity index (χ0v) is 15.7. The van der Waals surface area contributed by atoms with Gasteiger partial charge < -0.3 is 14.6 Å². The Bertz CT molecular complexity index is 888. The quantitative estimate of drug-likeness (QED) is 0.681. The Morgan fingerprint density at radius 2 is 1.92 bits per heavy atom. The SMILES string of the molecule is CC(C)C(=O)NCc1nc2ccccc2n1CCOc1ccc(Cl)cc1. The van der Waals surface area contributed by atoms with Gasteiger partial charge >= 0.3 is 0 Å². The summed E-state index contributed by atoms with van der Waals surface area (Å²) in [4.78, 5) is 16.5. The van der Waals surface area contributed by atoms with E-state index in [2.05, 4.69) is 14.9 Å². The maximum absolute atomic E-state index is 11.9. The van der Waals surface area contributed by atoms with Crippen molar-refractivity contribution in [2.75, 3.05) is 6.61 Å². The molecule has 136 valence electrons. The normalized spacial score (nSPS) is 11.1. The molecule has 2 aromatic carbocycles. The zero-order chi connectivity index (χ0) is 18.5. The van der Waals surface area contributed by atoms with Crippen LogP contribution in [0.3, 0.4) is 0 Å². The van der Waals surface area contributed by atoms with Crippen molar-refractivity contribution in [1.82, 2.24) is 14.9 Å². The third-order valence-corrected chi connectivity index (χ3v) is 4.33. The van der Waals surface area contributed by atoms with Crippen molar-refractivity contribution in [2.24, 2.45) is 5.92 Å². The summed E-state index contributed by atoms with van der Waals surface area (Å²) in [5.41, 5.74) is 1.94. The lowest BCUT2D eigenvalue weighted by molar-refractivity contribution is -0.124. The van der Waals surface area contributed by atoms with E-state index in [1.54, 1.807) is 12.1 Å². The molecule has 0 fully saturated rings. The number of carbonyl (C=O) groups excluding carboxylic acids is 1. The van der Waals surface area contributed by atoms with E-state index < -0.39 is 0 Å². The van der Waals surface area contributed by atoms with E-state index in [-0.39, 0.29) is 11.8 Å². The van der Waals surface area contributed by atoms with Gasteiger partial charge in [0.05, 0.1) is 24.1 Å². The Kier molecular flexibility index (Phi) is 5.78. The monoisotopic (exact) mass is 371 g/mol. The van der Waals surface area contributed by atoms with Crippen molar-refractivity contribution >= 4 is 28.5 Å². The van der Waals surface area contributed by atoms with Crippen LogP contribution in [0.1, 0.15) is 19.7 Å². The number of fused-ring (bicyclic) bond motifs is 1. The second-order valence-corrected chi connectivity index (χ2v) is 6.78. The third kappa shape index (κ3) is 4.35. The van der Waals surface area contributed by atoms with E-state index >= 15 is 0 Å². The summed E-state index contributed by atoms with van der Waals surface area (Å²) in [5.74, 6) is 1.55. The van der Waals surface area contributed by atoms with Gasteiger partial charge in [-0.1, -0.05) is 37.6 Å². The number of halogens is 1. The van der Waals surface area contributed by atoms with Crippen molar-refractivity contribution in [3.8, 4) is 5.75 Å². The Morgan fingerprint density at radius 1 is 1.19 bits per heavy atom. The standard InChI is InChI=1S/C20H22ClN3O2/c1-14(2)20(25)22-13-19-23-17-5-3-4-6-18(17)24(19)11-12-26-16-9-7-15(21)8-10-16/h3-10,14H,11-13H2,1-2H3,(H,22,25). The molecule has 6 heteroatoms. The highest BCUT2D eigenvalue weighted by Gasteiger charge is 2.13. The number of hydrogen-bond acceptors (Lipinski definition) is 3. The molecule has 3 aromatic rings. The van der Waals surface area contributed by atoms with Gasteiger partial charge in [0.2, 0.25) is 5.91 Å². The molecule has 0 radical (unpaired) electrons. The molecule has 0 aliphatic carbocycles. The first-order valence-electron chi connectivity index (χ1n) is 8.65. The van der Waals surface area contributed by atoms with Gasteiger partial charge in [0, 0.05) is 10.9 Å². The molecule has 0 aliphatic heterocycles. The molecule has 0 aliphatic rings. The highest BCUT2D eigenvalue weighted by Crippen LogP contribution is 2.18. The zero-order valence-electron chi connectivity index (χ0n) is 14.9. The van der Waals surface area contributed by atoms with E-state index in [0.717, 1.165) is 22.6 Å². The lowest BCUT2D eigenvalue weighted by Gasteiger charge is -2.12. The maximum Gasteiger partial charge on any atom is 0.222 e. The molecule has 1 aromatic heterocycles. The van der Waals surface area contributed by atoms with Crippen LogP contribution in [0.15, 0.2) is 48.5 Å². The van der Waals surface area contributed by atoms with Crippen LogP contribution >= 0.6 is 11.6 Å². The average molecular weight is 372 g/mol. The minimum Gasteiger partial charge on any atom is -0.492 e. The number of para-hydroxylation sites is 2. The molecule has 0 spiro atoms. The van der Waals surface area contributed by atoms with Gasteiger partial charge in [0.1, 0.15) is 18.2 Å². The van der Waals surface area contributed by atoms with Crippen LogP contribution in [0.25, 0.3) is 11.0 Å². The summed E-state index contributed by atoms with van der Waals surface area (Å²) in [5, 5.41) is 3.62. The van der Waals surface area contributed by atoms with Gasteiger partial charge in [-0.2, -0.15) is 0 Å². The molecule has 0 atom stereocenters. The fraction of sp³-hybridized carbons (Fsp3) is 0.300. The number of nitrogens with zero attached hydrogens (tertiary/aromatic N) is 2. The van der Waals surface area contributed by atoms with Crippen LogP contribution in [0, 0.1) is 5.92 Å². The van der Waals surface area contributed by atoms with Crippen molar-refractivity contribution in [2.45, 2.75) is 26.9 Å². The molecular weight excluding hydrogens is 350 g/mol. The Hall–Kier alpha value is -2.53. The Morgan fingerprint density at radius 3 is 2.65 bits per heavy atom. The highest BCUT2D eigenvalue weighted by molar-refractivity contribution is 6.30. The minimum absolute atomic E-state index is 0.0148. The van der Waals surface area contributed by atoms with Crippen LogP contribution < -0.4 is 10.1 Å². The first-order valence-corrected chi connectivity index (χ1v) is 9.02. The Labute approximate surface area is 157 Å². The van der Waals surface area contributed by atoms with Gasteiger partial charge in [0.25, 0.3) is 0 Å². The molecule has 26 heavy (non-hydrogen) atoms. The number of imidazole rings is 1. The molecule has 0 saturated carbocycles. The molecule has 3 rings (SSSR count). The molecule has 5 nitrogen and oxygen atoms in total. The molecular formula is C20H22ClN3O2. The summed E-state index contributed by atoms with van der Waals surface area (Å²) < 4.78 is 7.90. The molecule has 1 heterocycles. The fourth-order valence-electron chi connectivity index (χ4n) is 2.67. The smallest absolute Gasteiger partial charge is 0.222 e. The summed E-state index contributed by atoms with van der Waals surface area (Å²) in [6.07, 6.45) is 0. The van der Waals surface area contributed by atoms with Gasteiger partial charge in [-0.3, -0.25) is 4.79 Å². The summed E-state index contributed by atoms with van der Waals surface area (Å²) in [7, 11) is 0. The van der Waals surface area contributed by atoms with E-state index in [0.29, 0.717) is 24.7 Å². The number of rotatable bonds is 7. The van der Waals surface area contributed by atoms with Gasteiger partial charge in [-0.25, -0.2) is 4.98 Å². The van der Waals surface area contributed by atoms with E-state index in [9.17, 15) is 4.79 Å². The molecule has 0 saturated heterocycles. The predicted molar refractivity (Wildman–Crippen MR) is 103 cm³/mol. The van der Waals surface area contributed by atoms with E-state index in [1.807, 2.05) is 50.2 Å². The lowest BCUT2D eigenvalue weighted by Crippen LogP contribution is -2.28. The number of ether oxygens (including phenoxy) is 1. The predicted octanol–water partition coefficient (Wildman–Crippen LogP) is 4.04. The lowest BCUT2D eigenvalue weighted by atomic mass is 10.2. The van der Waals surface area contributed by atoms with Crippen LogP contribution in [-0.4, -0.2) is 22.1 Å². The highest BCUT2D eigenvalue weighted by atomic mass is 35.5. The molecule has 0 unspecified atom stereocenters. The van der Waals surface area contributed by atoms with Crippen molar-refractivity contribution in [1.29, 1.82) is 0 Å². The van der Waals surface area contributed by atoms with Gasteiger partial charge in [-0.15, -0.1) is 0 Å². The first-order chi connectivity index (χ1) is 12.5. The van der Waals surface area contributed by atoms with Crippen molar-refractivity contribution < 1.29 is 9.53 Å². The molecule has 1 amide bonds. The minimum atomic E-state index is -0.0546. The van der Waals surface area contributed by atoms with Crippen molar-refractivity contribution in [3.63, 3.8) is 0 Å². The second-order valence-electron chi connectivity index (χ2n) is 6.34. The third-order valence-electron chi connectivity index (χ3n) is 4.08. The Balaban J connectivity index is 1.73. The van der Waals surface area contributed by atoms with Crippen LogP contribution in [0.4, 0.5) is 0 Å². The topological polar surface area (TPSA) is 56.2 Å². The van der Waals surface area contributed by atoms with Gasteiger partial charge in [-0.05, 0) is 36.4 Å².